The van der Waals surface area contributed by atoms with Gasteiger partial charge in [0.05, 0.1) is 5.69 Å². The van der Waals surface area contributed by atoms with Crippen molar-refractivity contribution in [2.75, 3.05) is 17.2 Å². The molecule has 0 unspecified atom stereocenters. The summed E-state index contributed by atoms with van der Waals surface area (Å²) in [6.07, 6.45) is 1.12. The number of aryl methyl sites for hydroxylation is 1. The summed E-state index contributed by atoms with van der Waals surface area (Å²) < 4.78 is 1.01. The van der Waals surface area contributed by atoms with Gasteiger partial charge >= 0.3 is 0 Å². The minimum absolute atomic E-state index is 0.679. The molecule has 0 saturated heterocycles. The van der Waals surface area contributed by atoms with Crippen LogP contribution in [0.5, 0.6) is 0 Å². The van der Waals surface area contributed by atoms with Crippen LogP contribution < -0.4 is 10.6 Å². The fourth-order valence-electron chi connectivity index (χ4n) is 1.91. The predicted octanol–water partition coefficient (Wildman–Crippen LogP) is 4.75. The van der Waals surface area contributed by atoms with Crippen molar-refractivity contribution < 1.29 is 0 Å². The van der Waals surface area contributed by atoms with Crippen LogP contribution in [0, 0.1) is 12.8 Å². The molecule has 0 bridgehead atoms. The van der Waals surface area contributed by atoms with Crippen LogP contribution in [0.25, 0.3) is 0 Å². The van der Waals surface area contributed by atoms with E-state index in [1.165, 1.54) is 0 Å². The van der Waals surface area contributed by atoms with Gasteiger partial charge in [-0.15, -0.1) is 0 Å². The third kappa shape index (κ3) is 5.01. The first-order valence-corrected chi connectivity index (χ1v) is 7.95. The van der Waals surface area contributed by atoms with Crippen molar-refractivity contribution in [2.24, 2.45) is 5.92 Å². The number of rotatable bonds is 6. The number of halogens is 1. The Morgan fingerprint density at radius 2 is 1.86 bits per heavy atom. The van der Waals surface area contributed by atoms with Crippen molar-refractivity contribution in [3.63, 3.8) is 0 Å². The molecule has 4 nitrogen and oxygen atoms in total. The molecule has 0 saturated carbocycles. The average molecular weight is 349 g/mol. The Balaban J connectivity index is 2.10. The molecule has 1 aromatic carbocycles. The molecule has 2 N–H and O–H groups in total. The van der Waals surface area contributed by atoms with Gasteiger partial charge in [0.25, 0.3) is 0 Å². The van der Waals surface area contributed by atoms with E-state index in [1.54, 1.807) is 0 Å². The third-order valence-corrected chi connectivity index (χ3v) is 3.69. The van der Waals surface area contributed by atoms with Gasteiger partial charge in [0.1, 0.15) is 17.5 Å². The fourth-order valence-corrected chi connectivity index (χ4v) is 2.30. The van der Waals surface area contributed by atoms with Crippen LogP contribution >= 0.6 is 15.9 Å². The quantitative estimate of drug-likeness (QED) is 0.790. The SMILES string of the molecule is Cc1nc(NCCC(C)C)cc(Nc2ccccc2Br)n1. The van der Waals surface area contributed by atoms with Crippen molar-refractivity contribution in [2.45, 2.75) is 27.2 Å². The molecule has 1 heterocycles. The van der Waals surface area contributed by atoms with E-state index in [9.17, 15) is 0 Å². The summed E-state index contributed by atoms with van der Waals surface area (Å²) in [7, 11) is 0. The van der Waals surface area contributed by atoms with E-state index < -0.39 is 0 Å². The van der Waals surface area contributed by atoms with E-state index in [0.717, 1.165) is 40.6 Å². The molecule has 2 rings (SSSR count). The number of nitrogens with one attached hydrogen (secondary N) is 2. The van der Waals surface area contributed by atoms with Crippen molar-refractivity contribution >= 4 is 33.3 Å². The second kappa shape index (κ2) is 7.41. The van der Waals surface area contributed by atoms with Crippen LogP contribution in [0.4, 0.5) is 17.3 Å². The van der Waals surface area contributed by atoms with Crippen LogP contribution in [0.15, 0.2) is 34.8 Å². The Labute approximate surface area is 134 Å². The molecule has 0 aliphatic heterocycles. The number of benzene rings is 1. The van der Waals surface area contributed by atoms with Crippen LogP contribution in [0.3, 0.4) is 0 Å². The minimum atomic E-state index is 0.679. The lowest BCUT2D eigenvalue weighted by Gasteiger charge is -2.12. The topological polar surface area (TPSA) is 49.8 Å². The summed E-state index contributed by atoms with van der Waals surface area (Å²) in [4.78, 5) is 8.85. The first kappa shape index (κ1) is 15.8. The van der Waals surface area contributed by atoms with E-state index in [-0.39, 0.29) is 0 Å². The number of nitrogens with zero attached hydrogens (tertiary/aromatic N) is 2. The van der Waals surface area contributed by atoms with Gasteiger partial charge in [-0.25, -0.2) is 9.97 Å². The third-order valence-electron chi connectivity index (χ3n) is 3.00. The fraction of sp³-hybridized carbons (Fsp3) is 0.375. The lowest BCUT2D eigenvalue weighted by molar-refractivity contribution is 0.606. The summed E-state index contributed by atoms with van der Waals surface area (Å²) in [5.41, 5.74) is 0.990. The molecular formula is C16H21BrN4. The van der Waals surface area contributed by atoms with Gasteiger partial charge in [-0.3, -0.25) is 0 Å². The molecule has 0 fully saturated rings. The maximum absolute atomic E-state index is 4.43. The smallest absolute Gasteiger partial charge is 0.136 e. The lowest BCUT2D eigenvalue weighted by atomic mass is 10.1. The largest absolute Gasteiger partial charge is 0.370 e. The molecule has 0 radical (unpaired) electrons. The average Bonchev–Trinajstić information content (AvgIpc) is 2.40. The monoisotopic (exact) mass is 348 g/mol. The van der Waals surface area contributed by atoms with Gasteiger partial charge in [0.15, 0.2) is 0 Å². The molecule has 0 aliphatic carbocycles. The van der Waals surface area contributed by atoms with Gasteiger partial charge in [-0.2, -0.15) is 0 Å². The first-order chi connectivity index (χ1) is 10.0. The Bertz CT molecular complexity index is 599. The van der Waals surface area contributed by atoms with Crippen molar-refractivity contribution in [1.82, 2.24) is 9.97 Å². The molecular weight excluding hydrogens is 328 g/mol. The molecule has 0 aliphatic rings. The summed E-state index contributed by atoms with van der Waals surface area (Å²) in [5.74, 6) is 3.08. The highest BCUT2D eigenvalue weighted by Gasteiger charge is 2.04. The molecule has 112 valence electrons. The summed E-state index contributed by atoms with van der Waals surface area (Å²) >= 11 is 3.53. The van der Waals surface area contributed by atoms with Crippen molar-refractivity contribution in [3.8, 4) is 0 Å². The van der Waals surface area contributed by atoms with Crippen LogP contribution in [0.1, 0.15) is 26.1 Å². The number of aromatic nitrogens is 2. The number of hydrogen-bond acceptors (Lipinski definition) is 4. The Hall–Kier alpha value is -1.62. The van der Waals surface area contributed by atoms with Crippen LogP contribution in [-0.4, -0.2) is 16.5 Å². The Morgan fingerprint density at radius 3 is 2.57 bits per heavy atom. The highest BCUT2D eigenvalue weighted by atomic mass is 79.9. The van der Waals surface area contributed by atoms with E-state index in [1.807, 2.05) is 37.3 Å². The van der Waals surface area contributed by atoms with Crippen LogP contribution in [-0.2, 0) is 0 Å². The van der Waals surface area contributed by atoms with Gasteiger partial charge in [-0.05, 0) is 47.3 Å². The second-order valence-electron chi connectivity index (χ2n) is 5.40. The maximum Gasteiger partial charge on any atom is 0.136 e. The highest BCUT2D eigenvalue weighted by Crippen LogP contribution is 2.25. The van der Waals surface area contributed by atoms with Gasteiger partial charge < -0.3 is 10.6 Å². The number of anilines is 3. The van der Waals surface area contributed by atoms with Gasteiger partial charge in [0, 0.05) is 17.1 Å². The maximum atomic E-state index is 4.43. The zero-order chi connectivity index (χ0) is 15.2. The zero-order valence-electron chi connectivity index (χ0n) is 12.7. The lowest BCUT2D eigenvalue weighted by Crippen LogP contribution is -2.08. The molecule has 21 heavy (non-hydrogen) atoms. The first-order valence-electron chi connectivity index (χ1n) is 7.15. The Kier molecular flexibility index (Phi) is 5.56. The summed E-state index contributed by atoms with van der Waals surface area (Å²) in [6.45, 7) is 7.25. The van der Waals surface area contributed by atoms with E-state index >= 15 is 0 Å². The number of para-hydroxylation sites is 1. The molecule has 5 heteroatoms. The van der Waals surface area contributed by atoms with Crippen molar-refractivity contribution in [1.29, 1.82) is 0 Å². The predicted molar refractivity (Wildman–Crippen MR) is 92.1 cm³/mol. The molecule has 0 amide bonds. The standard InChI is InChI=1S/C16H21BrN4/c1-11(2)8-9-18-15-10-16(20-12(3)19-15)21-14-7-5-4-6-13(14)17/h4-7,10-11H,8-9H2,1-3H3,(H2,18,19,20,21). The summed E-state index contributed by atoms with van der Waals surface area (Å²) in [5, 5.41) is 6.67. The Morgan fingerprint density at radius 1 is 1.14 bits per heavy atom. The van der Waals surface area contributed by atoms with Crippen LogP contribution in [0.2, 0.25) is 0 Å². The van der Waals surface area contributed by atoms with Gasteiger partial charge in [0.2, 0.25) is 0 Å². The molecule has 2 aromatic rings. The van der Waals surface area contributed by atoms with E-state index in [4.69, 9.17) is 0 Å². The minimum Gasteiger partial charge on any atom is -0.370 e. The van der Waals surface area contributed by atoms with Crippen molar-refractivity contribution in [3.05, 3.63) is 40.6 Å². The van der Waals surface area contributed by atoms with E-state index in [0.29, 0.717) is 5.92 Å². The molecule has 0 spiro atoms. The van der Waals surface area contributed by atoms with Gasteiger partial charge in [-0.1, -0.05) is 26.0 Å². The molecule has 0 atom stereocenters. The normalized spacial score (nSPS) is 10.7. The zero-order valence-corrected chi connectivity index (χ0v) is 14.2. The second-order valence-corrected chi connectivity index (χ2v) is 6.25. The highest BCUT2D eigenvalue weighted by molar-refractivity contribution is 9.10. The molecule has 1 aromatic heterocycles. The number of hydrogen-bond donors (Lipinski definition) is 2. The van der Waals surface area contributed by atoms with E-state index in [2.05, 4.69) is 50.4 Å². The summed E-state index contributed by atoms with van der Waals surface area (Å²) in [6, 6.07) is 9.92.